The lowest BCUT2D eigenvalue weighted by molar-refractivity contribution is -0.142. The van der Waals surface area contributed by atoms with Crippen molar-refractivity contribution in [1.29, 1.82) is 0 Å². The van der Waals surface area contributed by atoms with Gasteiger partial charge in [-0.2, -0.15) is 0 Å². The van der Waals surface area contributed by atoms with Crippen LogP contribution in [0.1, 0.15) is 115 Å². The number of carbonyl (C=O) groups excluding carboxylic acids is 7. The summed E-state index contributed by atoms with van der Waals surface area (Å²) in [5.74, 6) is -6.96. The van der Waals surface area contributed by atoms with Crippen molar-refractivity contribution >= 4 is 80.5 Å². The third-order valence-electron chi connectivity index (χ3n) is 11.2. The van der Waals surface area contributed by atoms with E-state index in [1.54, 1.807) is 29.2 Å². The predicted octanol–water partition coefficient (Wildman–Crippen LogP) is 6.03. The minimum atomic E-state index is -1.44. The van der Waals surface area contributed by atoms with Crippen LogP contribution in [0, 0.1) is 11.8 Å². The van der Waals surface area contributed by atoms with Gasteiger partial charge in [-0.3, -0.25) is 38.4 Å². The van der Waals surface area contributed by atoms with Gasteiger partial charge in [0.05, 0.1) is 18.4 Å². The van der Waals surface area contributed by atoms with E-state index in [2.05, 4.69) is 20.7 Å². The number of phenols is 2. The number of hydrogen-bond acceptors (Lipinski definition) is 15. The van der Waals surface area contributed by atoms with Crippen LogP contribution in [-0.2, 0) is 55.9 Å². The van der Waals surface area contributed by atoms with Crippen LogP contribution in [0.2, 0.25) is 0 Å². The van der Waals surface area contributed by atoms with Crippen molar-refractivity contribution in [3.63, 3.8) is 0 Å². The molecule has 0 aliphatic rings. The summed E-state index contributed by atoms with van der Waals surface area (Å²) in [5.41, 5.74) is 1.27. The van der Waals surface area contributed by atoms with Crippen molar-refractivity contribution in [2.24, 2.45) is 11.8 Å². The smallest absolute Gasteiger partial charge is 0.326 e. The number of unbranched alkanes of at least 4 members (excludes halogenated alkanes) is 4. The van der Waals surface area contributed by atoms with Gasteiger partial charge in [0.1, 0.15) is 29.1 Å². The molecule has 8 N–H and O–H groups in total. The van der Waals surface area contributed by atoms with E-state index in [-0.39, 0.29) is 105 Å². The van der Waals surface area contributed by atoms with Crippen molar-refractivity contribution < 1.29 is 78.2 Å². The summed E-state index contributed by atoms with van der Waals surface area (Å²) in [6.07, 6.45) is 0.643. The highest BCUT2D eigenvalue weighted by Gasteiger charge is 2.30. The van der Waals surface area contributed by atoms with Crippen LogP contribution in [0.5, 0.6) is 11.5 Å². The minimum absolute atomic E-state index is 0.00486. The van der Waals surface area contributed by atoms with Crippen molar-refractivity contribution in [3.8, 4) is 11.5 Å². The zero-order valence-corrected chi connectivity index (χ0v) is 41.1. The Morgan fingerprint density at radius 3 is 1.74 bits per heavy atom. The second-order valence-corrected chi connectivity index (χ2v) is 18.9. The summed E-state index contributed by atoms with van der Waals surface area (Å²) in [6.45, 7) is 4.71. The SMILES string of the molecule is CCN(CC)C(=O)SSC[C@@H](CCC(=O)[C@H](Cc1ccc(O)cc1)NC(=O)[C@@H](CC(=O)CCCCCCCC(=O)CC[C@H](NC(=O)N[C@@H](CCC(=O)O)OC=O)C(=O)O)Cc1ccc(O)cc1)C(=O)O. The number of amides is 4. The average molecular weight is 1020 g/mol. The Hall–Kier alpha value is -6.16. The van der Waals surface area contributed by atoms with Gasteiger partial charge in [-0.05, 0) is 87.8 Å². The molecule has 2 aromatic carbocycles. The van der Waals surface area contributed by atoms with Crippen molar-refractivity contribution in [2.75, 3.05) is 18.8 Å². The van der Waals surface area contributed by atoms with E-state index in [0.717, 1.165) is 21.6 Å². The summed E-state index contributed by atoms with van der Waals surface area (Å²) in [7, 11) is 2.04. The third-order valence-corrected chi connectivity index (χ3v) is 13.5. The molecular formula is C48H66N4O16S2. The molecule has 0 saturated carbocycles. The van der Waals surface area contributed by atoms with Crippen LogP contribution in [-0.4, -0.2) is 126 Å². The molecule has 0 fully saturated rings. The molecule has 0 aliphatic heterocycles. The van der Waals surface area contributed by atoms with E-state index in [0.29, 0.717) is 56.3 Å². The van der Waals surface area contributed by atoms with E-state index in [4.69, 9.17) is 5.11 Å². The van der Waals surface area contributed by atoms with E-state index in [9.17, 15) is 68.4 Å². The Morgan fingerprint density at radius 2 is 1.20 bits per heavy atom. The van der Waals surface area contributed by atoms with E-state index in [1.165, 1.54) is 24.3 Å². The fourth-order valence-corrected chi connectivity index (χ4v) is 9.45. The average Bonchev–Trinajstić information content (AvgIpc) is 3.31. The van der Waals surface area contributed by atoms with Gasteiger partial charge in [0, 0.05) is 74.1 Å². The maximum absolute atomic E-state index is 14.1. The lowest BCUT2D eigenvalue weighted by Gasteiger charge is -2.23. The summed E-state index contributed by atoms with van der Waals surface area (Å²) in [6, 6.07) is 8.65. The monoisotopic (exact) mass is 1020 g/mol. The van der Waals surface area contributed by atoms with Crippen LogP contribution in [0.3, 0.4) is 0 Å². The number of rotatable bonds is 37. The topological polar surface area (TPSA) is 320 Å². The molecule has 5 atom stereocenters. The Balaban J connectivity index is 1.98. The van der Waals surface area contributed by atoms with Gasteiger partial charge >= 0.3 is 23.9 Å². The number of Topliss-reactive ketones (excluding diaryl/α,β-unsaturated/α-hetero) is 3. The second-order valence-electron chi connectivity index (χ2n) is 16.6. The van der Waals surface area contributed by atoms with Gasteiger partial charge < -0.3 is 51.1 Å². The van der Waals surface area contributed by atoms with E-state index < -0.39 is 72.2 Å². The summed E-state index contributed by atoms with van der Waals surface area (Å²) < 4.78 is 4.62. The fraction of sp³-hybridized carbons (Fsp3) is 0.542. The number of aliphatic carboxylic acids is 3. The first-order valence-corrected chi connectivity index (χ1v) is 25.5. The van der Waals surface area contributed by atoms with E-state index in [1.807, 2.05) is 13.8 Å². The van der Waals surface area contributed by atoms with Gasteiger partial charge in [-0.25, -0.2) is 9.59 Å². The quantitative estimate of drug-likeness (QED) is 0.0166. The summed E-state index contributed by atoms with van der Waals surface area (Å²) in [5, 5.41) is 55.0. The van der Waals surface area contributed by atoms with Crippen molar-refractivity contribution in [3.05, 3.63) is 59.7 Å². The zero-order chi connectivity index (χ0) is 52.0. The molecule has 70 heavy (non-hydrogen) atoms. The Kier molecular flexibility index (Phi) is 28.6. The number of urea groups is 1. The normalized spacial score (nSPS) is 13.1. The first-order valence-electron chi connectivity index (χ1n) is 23.2. The number of hydrogen-bond donors (Lipinski definition) is 8. The summed E-state index contributed by atoms with van der Waals surface area (Å²) in [4.78, 5) is 126. The first-order chi connectivity index (χ1) is 33.3. The first kappa shape index (κ1) is 60.0. The molecule has 0 aliphatic carbocycles. The largest absolute Gasteiger partial charge is 0.508 e. The second kappa shape index (κ2) is 33.4. The van der Waals surface area contributed by atoms with Gasteiger partial charge in [0.2, 0.25) is 5.91 Å². The van der Waals surface area contributed by atoms with Crippen LogP contribution in [0.25, 0.3) is 0 Å². The zero-order valence-electron chi connectivity index (χ0n) is 39.5. The van der Waals surface area contributed by atoms with Crippen LogP contribution in [0.15, 0.2) is 48.5 Å². The molecule has 2 aromatic rings. The third kappa shape index (κ3) is 24.9. The van der Waals surface area contributed by atoms with E-state index >= 15 is 0 Å². The highest BCUT2D eigenvalue weighted by atomic mass is 33.1. The van der Waals surface area contributed by atoms with Crippen LogP contribution in [0.4, 0.5) is 9.59 Å². The maximum Gasteiger partial charge on any atom is 0.326 e. The molecule has 0 bridgehead atoms. The molecule has 0 spiro atoms. The number of benzene rings is 2. The van der Waals surface area contributed by atoms with Crippen LogP contribution >= 0.6 is 21.6 Å². The standard InChI is InChI=1S/C48H66N4O16S2/c1-3-52(4-2)48(67)70-69-29-33(45(62)63)16-23-41(58)40(27-32-14-19-37(56)20-15-32)49-44(61)34(26-31-12-17-36(55)18-13-31)28-38(57)11-9-7-5-6-8-10-35(54)21-22-39(46(64)65)50-47(66)51-42(68-30-53)24-25-43(59)60/h12-15,17-20,30,33-34,39-40,42,55-56H,3-11,16,21-29H2,1-2H3,(H,49,61)(H,59,60)(H,62,63)(H,64,65)(H2,50,51,66)/t33-,34-,39+,40+,42-/m1/s1. The molecule has 4 amide bonds. The molecule has 0 heterocycles. The van der Waals surface area contributed by atoms with Gasteiger partial charge in [-0.1, -0.05) is 54.3 Å². The van der Waals surface area contributed by atoms with Crippen molar-refractivity contribution in [1.82, 2.24) is 20.9 Å². The number of carboxylic acid groups (broad SMARTS) is 3. The predicted molar refractivity (Wildman–Crippen MR) is 260 cm³/mol. The molecule has 0 aromatic heterocycles. The molecule has 386 valence electrons. The minimum Gasteiger partial charge on any atom is -0.508 e. The number of ketones is 3. The Bertz CT molecular complexity index is 2030. The highest BCUT2D eigenvalue weighted by Crippen LogP contribution is 2.29. The number of carboxylic acids is 3. The molecule has 0 unspecified atom stereocenters. The number of aromatic hydroxyl groups is 2. The van der Waals surface area contributed by atoms with Gasteiger partial charge in [0.25, 0.3) is 11.7 Å². The van der Waals surface area contributed by atoms with Crippen LogP contribution < -0.4 is 16.0 Å². The number of ether oxygens (including phenoxy) is 1. The fourth-order valence-electron chi connectivity index (χ4n) is 7.13. The number of nitrogens with zero attached hydrogens (tertiary/aromatic N) is 1. The maximum atomic E-state index is 14.1. The highest BCUT2D eigenvalue weighted by molar-refractivity contribution is 8.82. The lowest BCUT2D eigenvalue weighted by Crippen LogP contribution is -2.49. The molecule has 0 radical (unpaired) electrons. The Labute approximate surface area is 414 Å². The molecule has 0 saturated heterocycles. The number of carbonyl (C=O) groups is 10. The number of phenolic OH excluding ortho intramolecular Hbond substituents is 2. The van der Waals surface area contributed by atoms with Gasteiger partial charge in [-0.15, -0.1) is 0 Å². The molecule has 20 nitrogen and oxygen atoms in total. The van der Waals surface area contributed by atoms with Gasteiger partial charge in [0.15, 0.2) is 12.0 Å². The number of nitrogens with one attached hydrogen (secondary N) is 3. The molecule has 2 rings (SSSR count). The summed E-state index contributed by atoms with van der Waals surface area (Å²) >= 11 is 0. The Morgan fingerprint density at radius 1 is 0.629 bits per heavy atom. The molecule has 22 heteroatoms. The van der Waals surface area contributed by atoms with Crippen molar-refractivity contribution in [2.45, 2.75) is 135 Å². The lowest BCUT2D eigenvalue weighted by atomic mass is 9.90. The molecular weight excluding hydrogens is 953 g/mol.